The third-order valence-corrected chi connectivity index (χ3v) is 5.26. The predicted octanol–water partition coefficient (Wildman–Crippen LogP) is 3.25. The van der Waals surface area contributed by atoms with E-state index in [0.717, 1.165) is 11.3 Å². The third kappa shape index (κ3) is 3.19. The Morgan fingerprint density at radius 2 is 1.57 bits per heavy atom. The smallest absolute Gasteiger partial charge is 0.264 e. The summed E-state index contributed by atoms with van der Waals surface area (Å²) >= 11 is 0. The summed E-state index contributed by atoms with van der Waals surface area (Å²) < 4.78 is 26.9. The Balaban J connectivity index is 2.41. The molecule has 0 aromatic heterocycles. The summed E-state index contributed by atoms with van der Waals surface area (Å²) in [5.74, 6) is 0. The molecule has 0 bridgehead atoms. The lowest BCUT2D eigenvalue weighted by Gasteiger charge is -2.23. The Labute approximate surface area is 126 Å². The van der Waals surface area contributed by atoms with Crippen molar-refractivity contribution >= 4 is 21.4 Å². The van der Waals surface area contributed by atoms with Gasteiger partial charge in [-0.2, -0.15) is 0 Å². The van der Waals surface area contributed by atoms with Gasteiger partial charge in [0.15, 0.2) is 0 Å². The van der Waals surface area contributed by atoms with E-state index in [1.54, 1.807) is 31.3 Å². The predicted molar refractivity (Wildman–Crippen MR) is 87.4 cm³/mol. The summed E-state index contributed by atoms with van der Waals surface area (Å²) in [4.78, 5) is 0.295. The molecule has 0 amide bonds. The molecule has 112 valence electrons. The molecule has 0 aliphatic rings. The highest BCUT2D eigenvalue weighted by atomic mass is 32.2. The molecule has 21 heavy (non-hydrogen) atoms. The number of nitrogens with one attached hydrogen (secondary N) is 1. The van der Waals surface area contributed by atoms with Crippen molar-refractivity contribution in [3.8, 4) is 0 Å². The summed E-state index contributed by atoms with van der Waals surface area (Å²) in [6.07, 6.45) is 0. The normalized spacial score (nSPS) is 11.2. The van der Waals surface area contributed by atoms with Crippen LogP contribution >= 0.6 is 0 Å². The second-order valence-corrected chi connectivity index (χ2v) is 6.64. The molecule has 2 aromatic rings. The minimum Gasteiger partial charge on any atom is -0.388 e. The number of anilines is 2. The van der Waals surface area contributed by atoms with Gasteiger partial charge in [0.25, 0.3) is 10.0 Å². The molecule has 5 heteroatoms. The van der Waals surface area contributed by atoms with Crippen LogP contribution in [0.25, 0.3) is 0 Å². The maximum absolute atomic E-state index is 12.8. The van der Waals surface area contributed by atoms with E-state index in [4.69, 9.17) is 0 Å². The van der Waals surface area contributed by atoms with Crippen LogP contribution in [0.2, 0.25) is 0 Å². The van der Waals surface area contributed by atoms with E-state index >= 15 is 0 Å². The molecule has 1 N–H and O–H groups in total. The zero-order chi connectivity index (χ0) is 15.5. The molecule has 0 spiro atoms. The molecule has 0 saturated carbocycles. The molecule has 2 rings (SSSR count). The Morgan fingerprint density at radius 1 is 1.00 bits per heavy atom. The number of benzene rings is 2. The van der Waals surface area contributed by atoms with Crippen molar-refractivity contribution in [3.05, 3.63) is 54.1 Å². The summed E-state index contributed by atoms with van der Waals surface area (Å²) in [5.41, 5.74) is 2.67. The average molecular weight is 304 g/mol. The van der Waals surface area contributed by atoms with Gasteiger partial charge >= 0.3 is 0 Å². The molecule has 0 fully saturated rings. The van der Waals surface area contributed by atoms with Crippen LogP contribution in [0.4, 0.5) is 11.4 Å². The van der Waals surface area contributed by atoms with Gasteiger partial charge in [-0.05, 0) is 50.2 Å². The van der Waals surface area contributed by atoms with Gasteiger partial charge in [0, 0.05) is 19.3 Å². The van der Waals surface area contributed by atoms with Crippen LogP contribution in [0, 0.1) is 6.92 Å². The molecular formula is C16H20N2O2S. The van der Waals surface area contributed by atoms with E-state index in [1.807, 2.05) is 38.1 Å². The second kappa shape index (κ2) is 6.18. The molecule has 4 nitrogen and oxygen atoms in total. The highest BCUT2D eigenvalue weighted by molar-refractivity contribution is 7.92. The fourth-order valence-electron chi connectivity index (χ4n) is 2.12. The van der Waals surface area contributed by atoms with E-state index < -0.39 is 10.0 Å². The number of nitrogens with zero attached hydrogens (tertiary/aromatic N) is 1. The molecule has 0 atom stereocenters. The summed E-state index contributed by atoms with van der Waals surface area (Å²) in [5, 5.41) is 2.98. The van der Waals surface area contributed by atoms with Gasteiger partial charge in [-0.15, -0.1) is 0 Å². The van der Waals surface area contributed by atoms with Crippen molar-refractivity contribution in [2.45, 2.75) is 18.7 Å². The number of aryl methyl sites for hydroxylation is 1. The van der Waals surface area contributed by atoms with Gasteiger partial charge in [-0.3, -0.25) is 4.31 Å². The van der Waals surface area contributed by atoms with E-state index in [9.17, 15) is 8.42 Å². The number of rotatable bonds is 5. The first kappa shape index (κ1) is 15.4. The standard InChI is InChI=1S/C16H20N2O2S/c1-4-18(15-9-5-13(2)6-10-15)21(19,20)16-11-7-14(17-3)8-12-16/h5-12,17H,4H2,1-3H3. The van der Waals surface area contributed by atoms with Crippen molar-refractivity contribution in [1.82, 2.24) is 0 Å². The van der Waals surface area contributed by atoms with Gasteiger partial charge in [-0.1, -0.05) is 17.7 Å². The van der Waals surface area contributed by atoms with Crippen LogP contribution in [0.3, 0.4) is 0 Å². The fourth-order valence-corrected chi connectivity index (χ4v) is 3.60. The van der Waals surface area contributed by atoms with E-state index in [-0.39, 0.29) is 0 Å². The maximum atomic E-state index is 12.8. The highest BCUT2D eigenvalue weighted by Crippen LogP contribution is 2.24. The largest absolute Gasteiger partial charge is 0.388 e. The monoisotopic (exact) mass is 304 g/mol. The first-order valence-corrected chi connectivity index (χ1v) is 8.30. The molecule has 0 unspecified atom stereocenters. The van der Waals surface area contributed by atoms with Gasteiger partial charge in [0.05, 0.1) is 10.6 Å². The Hall–Kier alpha value is -2.01. The summed E-state index contributed by atoms with van der Waals surface area (Å²) in [6, 6.07) is 14.3. The highest BCUT2D eigenvalue weighted by Gasteiger charge is 2.23. The molecule has 0 radical (unpaired) electrons. The Kier molecular flexibility index (Phi) is 4.53. The van der Waals surface area contributed by atoms with Crippen molar-refractivity contribution in [2.24, 2.45) is 0 Å². The molecular weight excluding hydrogens is 284 g/mol. The topological polar surface area (TPSA) is 49.4 Å². The average Bonchev–Trinajstić information content (AvgIpc) is 2.50. The van der Waals surface area contributed by atoms with Crippen LogP contribution in [0.1, 0.15) is 12.5 Å². The number of sulfonamides is 1. The lowest BCUT2D eigenvalue weighted by molar-refractivity contribution is 0.592. The van der Waals surface area contributed by atoms with Crippen LogP contribution in [-0.4, -0.2) is 22.0 Å². The molecule has 0 aliphatic heterocycles. The van der Waals surface area contributed by atoms with E-state index in [1.165, 1.54) is 4.31 Å². The first-order chi connectivity index (χ1) is 9.98. The van der Waals surface area contributed by atoms with E-state index in [2.05, 4.69) is 5.32 Å². The van der Waals surface area contributed by atoms with Crippen LogP contribution in [0.5, 0.6) is 0 Å². The quantitative estimate of drug-likeness (QED) is 0.922. The third-order valence-electron chi connectivity index (χ3n) is 3.34. The number of hydrogen-bond donors (Lipinski definition) is 1. The molecule has 0 heterocycles. The minimum atomic E-state index is -3.54. The van der Waals surface area contributed by atoms with Gasteiger partial charge < -0.3 is 5.32 Å². The van der Waals surface area contributed by atoms with Gasteiger partial charge in [0.1, 0.15) is 0 Å². The lowest BCUT2D eigenvalue weighted by atomic mass is 10.2. The van der Waals surface area contributed by atoms with Crippen molar-refractivity contribution in [1.29, 1.82) is 0 Å². The minimum absolute atomic E-state index is 0.295. The van der Waals surface area contributed by atoms with Crippen molar-refractivity contribution in [2.75, 3.05) is 23.2 Å². The van der Waals surface area contributed by atoms with Crippen LogP contribution in [-0.2, 0) is 10.0 Å². The Morgan fingerprint density at radius 3 is 2.05 bits per heavy atom. The van der Waals surface area contributed by atoms with Gasteiger partial charge in [0.2, 0.25) is 0 Å². The molecule has 2 aromatic carbocycles. The zero-order valence-corrected chi connectivity index (χ0v) is 13.3. The zero-order valence-electron chi connectivity index (χ0n) is 12.5. The van der Waals surface area contributed by atoms with Crippen LogP contribution < -0.4 is 9.62 Å². The molecule has 0 saturated heterocycles. The Bertz CT molecular complexity index is 692. The summed E-state index contributed by atoms with van der Waals surface area (Å²) in [7, 11) is -1.74. The first-order valence-electron chi connectivity index (χ1n) is 6.86. The maximum Gasteiger partial charge on any atom is 0.264 e. The lowest BCUT2D eigenvalue weighted by Crippen LogP contribution is -2.30. The molecule has 0 aliphatic carbocycles. The number of hydrogen-bond acceptors (Lipinski definition) is 3. The SMILES string of the molecule is CCN(c1ccc(C)cc1)S(=O)(=O)c1ccc(NC)cc1. The van der Waals surface area contributed by atoms with Crippen molar-refractivity contribution in [3.63, 3.8) is 0 Å². The van der Waals surface area contributed by atoms with Crippen LogP contribution in [0.15, 0.2) is 53.4 Å². The van der Waals surface area contributed by atoms with Crippen molar-refractivity contribution < 1.29 is 8.42 Å². The fraction of sp³-hybridized carbons (Fsp3) is 0.250. The van der Waals surface area contributed by atoms with Gasteiger partial charge in [-0.25, -0.2) is 8.42 Å². The second-order valence-electron chi connectivity index (χ2n) is 4.78. The summed E-state index contributed by atoms with van der Waals surface area (Å²) in [6.45, 7) is 4.20. The van der Waals surface area contributed by atoms with E-state index in [0.29, 0.717) is 17.1 Å².